The van der Waals surface area contributed by atoms with Gasteiger partial charge in [-0.25, -0.2) is 0 Å². The van der Waals surface area contributed by atoms with E-state index in [4.69, 9.17) is 0 Å². The molecule has 1 saturated carbocycles. The van der Waals surface area contributed by atoms with Gasteiger partial charge in [0.05, 0.1) is 5.57 Å². The lowest BCUT2D eigenvalue weighted by atomic mass is 9.80. The molecule has 23 heavy (non-hydrogen) atoms. The lowest BCUT2D eigenvalue weighted by molar-refractivity contribution is -0.119. The number of hydrogen-bond donors (Lipinski definition) is 1. The maximum Gasteiger partial charge on any atom is 0.169 e. The van der Waals surface area contributed by atoms with Crippen molar-refractivity contribution < 1.29 is 9.90 Å². The van der Waals surface area contributed by atoms with Crippen LogP contribution in [-0.2, 0) is 4.79 Å². The highest BCUT2D eigenvalue weighted by Gasteiger charge is 2.41. The van der Waals surface area contributed by atoms with Crippen molar-refractivity contribution in [3.8, 4) is 0 Å². The van der Waals surface area contributed by atoms with Crippen molar-refractivity contribution in [2.75, 3.05) is 0 Å². The summed E-state index contributed by atoms with van der Waals surface area (Å²) in [5.74, 6) is 0.611. The van der Waals surface area contributed by atoms with E-state index >= 15 is 0 Å². The maximum atomic E-state index is 12.8. The molecule has 0 saturated heterocycles. The molecule has 3 rings (SSSR count). The van der Waals surface area contributed by atoms with Crippen molar-refractivity contribution >= 4 is 22.7 Å². The normalized spacial score (nSPS) is 25.2. The SMILES string of the molecule is C=C(/C=C(C1=C(O)[C@H]2CC[C@H](C2)C1=O)\C(C)=C/C)c1ccsc1. The molecule has 2 atom stereocenters. The molecule has 2 bridgehead atoms. The Morgan fingerprint density at radius 2 is 2.13 bits per heavy atom. The number of hydrogen-bond acceptors (Lipinski definition) is 3. The highest BCUT2D eigenvalue weighted by Crippen LogP contribution is 2.45. The highest BCUT2D eigenvalue weighted by atomic mass is 32.1. The molecule has 1 fully saturated rings. The average molecular weight is 326 g/mol. The molecule has 0 aliphatic heterocycles. The standard InChI is InChI=1S/C20H22O2S/c1-4-12(2)17(9-13(3)16-7-8-23-11-16)18-19(21)14-5-6-15(10-14)20(18)22/h4,7-9,11,14-15,21H,3,5-6,10H2,1-2H3/b12-4-,17-9+/t14-,15+/m0/s1. The topological polar surface area (TPSA) is 37.3 Å². The van der Waals surface area contributed by atoms with E-state index in [0.29, 0.717) is 5.57 Å². The van der Waals surface area contributed by atoms with Gasteiger partial charge in [0, 0.05) is 11.8 Å². The average Bonchev–Trinajstić information content (AvgIpc) is 3.21. The zero-order valence-electron chi connectivity index (χ0n) is 13.6. The van der Waals surface area contributed by atoms with Crippen LogP contribution in [0.4, 0.5) is 0 Å². The molecular weight excluding hydrogens is 304 g/mol. The summed E-state index contributed by atoms with van der Waals surface area (Å²) in [6.07, 6.45) is 6.55. The third-order valence-corrected chi connectivity index (χ3v) is 5.71. The minimum atomic E-state index is 0.0772. The van der Waals surface area contributed by atoms with Crippen LogP contribution in [0.3, 0.4) is 0 Å². The van der Waals surface area contributed by atoms with Crippen molar-refractivity contribution in [1.29, 1.82) is 0 Å². The van der Waals surface area contributed by atoms with Crippen LogP contribution in [0.2, 0.25) is 0 Å². The number of ketones is 1. The molecular formula is C20H22O2S. The van der Waals surface area contributed by atoms with Crippen LogP contribution in [0.25, 0.3) is 5.57 Å². The van der Waals surface area contributed by atoms with Gasteiger partial charge in [-0.05, 0) is 78.3 Å². The Labute approximate surface area is 141 Å². The van der Waals surface area contributed by atoms with Crippen LogP contribution in [0.5, 0.6) is 0 Å². The predicted octanol–water partition coefficient (Wildman–Crippen LogP) is 5.47. The third kappa shape index (κ3) is 2.86. The Balaban J connectivity index is 2.08. The minimum absolute atomic E-state index is 0.0772. The molecule has 0 amide bonds. The molecule has 2 nitrogen and oxygen atoms in total. The second-order valence-corrected chi connectivity index (χ2v) is 7.18. The number of aliphatic hydroxyl groups excluding tert-OH is 1. The van der Waals surface area contributed by atoms with Crippen LogP contribution in [0.1, 0.15) is 38.7 Å². The van der Waals surface area contributed by atoms with Crippen LogP contribution in [0, 0.1) is 11.8 Å². The monoisotopic (exact) mass is 326 g/mol. The molecule has 2 aliphatic rings. The van der Waals surface area contributed by atoms with Crippen molar-refractivity contribution in [3.63, 3.8) is 0 Å². The third-order valence-electron chi connectivity index (χ3n) is 5.03. The molecule has 2 aliphatic carbocycles. The van der Waals surface area contributed by atoms with Gasteiger partial charge in [-0.3, -0.25) is 4.79 Å². The van der Waals surface area contributed by atoms with Gasteiger partial charge >= 0.3 is 0 Å². The maximum absolute atomic E-state index is 12.8. The largest absolute Gasteiger partial charge is 0.511 e. The summed E-state index contributed by atoms with van der Waals surface area (Å²) in [5.41, 5.74) is 4.27. The van der Waals surface area contributed by atoms with Crippen molar-refractivity contribution in [2.45, 2.75) is 33.1 Å². The second kappa shape index (κ2) is 6.32. The van der Waals surface area contributed by atoms with E-state index in [1.165, 1.54) is 0 Å². The van der Waals surface area contributed by atoms with E-state index in [0.717, 1.165) is 41.5 Å². The fourth-order valence-corrected chi connectivity index (χ4v) is 4.20. The summed E-state index contributed by atoms with van der Waals surface area (Å²) in [6, 6.07) is 2.02. The molecule has 3 heteroatoms. The Morgan fingerprint density at radius 1 is 1.39 bits per heavy atom. The summed E-state index contributed by atoms with van der Waals surface area (Å²) < 4.78 is 0. The quantitative estimate of drug-likeness (QED) is 0.745. The Morgan fingerprint density at radius 3 is 2.78 bits per heavy atom. The summed E-state index contributed by atoms with van der Waals surface area (Å²) >= 11 is 1.62. The van der Waals surface area contributed by atoms with Crippen molar-refractivity contribution in [1.82, 2.24) is 0 Å². The number of aliphatic hydroxyl groups is 1. The van der Waals surface area contributed by atoms with Gasteiger partial charge in [-0.15, -0.1) is 0 Å². The minimum Gasteiger partial charge on any atom is -0.511 e. The molecule has 1 N–H and O–H groups in total. The van der Waals surface area contributed by atoms with Crippen molar-refractivity contribution in [3.05, 3.63) is 63.6 Å². The van der Waals surface area contributed by atoms with Gasteiger partial charge in [0.2, 0.25) is 0 Å². The first-order valence-electron chi connectivity index (χ1n) is 8.07. The molecule has 1 aromatic heterocycles. The van der Waals surface area contributed by atoms with Gasteiger partial charge in [0.1, 0.15) is 5.76 Å². The summed E-state index contributed by atoms with van der Waals surface area (Å²) in [5, 5.41) is 14.7. The van der Waals surface area contributed by atoms with E-state index in [-0.39, 0.29) is 23.4 Å². The highest BCUT2D eigenvalue weighted by molar-refractivity contribution is 7.08. The fourth-order valence-electron chi connectivity index (χ4n) is 3.52. The first kappa shape index (κ1) is 16.0. The van der Waals surface area contributed by atoms with E-state index < -0.39 is 0 Å². The molecule has 120 valence electrons. The number of Topliss-reactive ketones (excluding diaryl/α,β-unsaturated/α-hetero) is 1. The summed E-state index contributed by atoms with van der Waals surface area (Å²) in [7, 11) is 0. The van der Waals surface area contributed by atoms with Gasteiger partial charge in [-0.2, -0.15) is 11.3 Å². The summed E-state index contributed by atoms with van der Waals surface area (Å²) in [4.78, 5) is 12.8. The van der Waals surface area contributed by atoms with Gasteiger partial charge in [-0.1, -0.05) is 12.7 Å². The Kier molecular flexibility index (Phi) is 4.40. The molecule has 1 aromatic rings. The van der Waals surface area contributed by atoms with Crippen LogP contribution < -0.4 is 0 Å². The smallest absolute Gasteiger partial charge is 0.169 e. The first-order valence-corrected chi connectivity index (χ1v) is 9.01. The molecule has 0 spiro atoms. The van der Waals surface area contributed by atoms with E-state index in [1.54, 1.807) is 11.3 Å². The lowest BCUT2D eigenvalue weighted by Crippen LogP contribution is -2.23. The number of carbonyl (C=O) groups excluding carboxylic acids is 1. The number of fused-ring (bicyclic) bond motifs is 2. The molecule has 0 aromatic carbocycles. The van der Waals surface area contributed by atoms with E-state index in [9.17, 15) is 9.90 Å². The number of rotatable bonds is 4. The lowest BCUT2D eigenvalue weighted by Gasteiger charge is -2.24. The summed E-state index contributed by atoms with van der Waals surface area (Å²) in [6.45, 7) is 8.08. The van der Waals surface area contributed by atoms with Crippen LogP contribution in [-0.4, -0.2) is 10.9 Å². The number of carbonyl (C=O) groups is 1. The van der Waals surface area contributed by atoms with E-state index in [2.05, 4.69) is 6.58 Å². The van der Waals surface area contributed by atoms with Gasteiger partial charge in [0.15, 0.2) is 5.78 Å². The Bertz CT molecular complexity index is 732. The first-order chi connectivity index (χ1) is 11.0. The zero-order valence-corrected chi connectivity index (χ0v) is 14.5. The van der Waals surface area contributed by atoms with E-state index in [1.807, 2.05) is 42.8 Å². The van der Waals surface area contributed by atoms with Gasteiger partial charge < -0.3 is 5.11 Å². The van der Waals surface area contributed by atoms with Gasteiger partial charge in [0.25, 0.3) is 0 Å². The van der Waals surface area contributed by atoms with Crippen molar-refractivity contribution in [2.24, 2.45) is 11.8 Å². The predicted molar refractivity (Wildman–Crippen MR) is 96.4 cm³/mol. The zero-order chi connectivity index (χ0) is 16.6. The molecule has 0 radical (unpaired) electrons. The molecule has 1 heterocycles. The second-order valence-electron chi connectivity index (χ2n) is 6.40. The number of allylic oxidation sites excluding steroid dienone is 7. The van der Waals surface area contributed by atoms with Crippen LogP contribution in [0.15, 0.2) is 58.0 Å². The Hall–Kier alpha value is -1.87. The van der Waals surface area contributed by atoms with Crippen LogP contribution >= 0.6 is 11.3 Å². The molecule has 0 unspecified atom stereocenters. The number of thiophene rings is 1. The fraction of sp³-hybridized carbons (Fsp3) is 0.350.